The average Bonchev–Trinajstić information content (AvgIpc) is 2.92. The first kappa shape index (κ1) is 31.7. The topological polar surface area (TPSA) is 137 Å². The molecule has 242 valence electrons. The molecule has 0 aromatic carbocycles. The summed E-state index contributed by atoms with van der Waals surface area (Å²) >= 11 is 0. The number of allylic oxidation sites excluding steroid dienone is 1. The van der Waals surface area contributed by atoms with Gasteiger partial charge in [0.25, 0.3) is 0 Å². The van der Waals surface area contributed by atoms with Crippen LogP contribution in [0, 0.1) is 44.8 Å². The Morgan fingerprint density at radius 3 is 2.33 bits per heavy atom. The molecule has 8 heteroatoms. The Bertz CT molecular complexity index is 1210. The molecule has 5 aliphatic carbocycles. The molecule has 5 fully saturated rings. The second-order valence-electron chi connectivity index (χ2n) is 16.7. The van der Waals surface area contributed by atoms with Gasteiger partial charge < -0.3 is 35.0 Å². The van der Waals surface area contributed by atoms with E-state index < -0.39 is 47.5 Å². The summed E-state index contributed by atoms with van der Waals surface area (Å²) in [6, 6.07) is 0. The monoisotopic (exact) mass is 602 g/mol. The Hall–Kier alpha value is -1.29. The molecule has 0 aromatic heterocycles. The van der Waals surface area contributed by atoms with Crippen molar-refractivity contribution >= 4 is 5.97 Å². The molecular weight excluding hydrogens is 548 g/mol. The van der Waals surface area contributed by atoms with Crippen molar-refractivity contribution in [3.05, 3.63) is 23.8 Å². The maximum Gasteiger partial charge on any atom is 0.310 e. The Kier molecular flexibility index (Phi) is 7.26. The number of fused-ring (bicyclic) bond motifs is 7. The Labute approximate surface area is 256 Å². The van der Waals surface area contributed by atoms with Gasteiger partial charge in [0.2, 0.25) is 0 Å². The molecule has 43 heavy (non-hydrogen) atoms. The number of hydrogen-bond donors (Lipinski definition) is 5. The molecule has 8 nitrogen and oxygen atoms in total. The second-order valence-corrected chi connectivity index (χ2v) is 16.7. The fourth-order valence-corrected chi connectivity index (χ4v) is 11.9. The number of aliphatic hydroxyl groups is 4. The van der Waals surface area contributed by atoms with Crippen molar-refractivity contribution in [2.45, 2.75) is 136 Å². The van der Waals surface area contributed by atoms with Gasteiger partial charge in [-0.2, -0.15) is 0 Å². The molecule has 0 spiro atoms. The molecule has 1 saturated heterocycles. The molecule has 0 radical (unpaired) electrons. The summed E-state index contributed by atoms with van der Waals surface area (Å²) in [6.45, 7) is 17.7. The SMILES string of the molecule is C=C1CCC2(C(=O)O)CCC3(C)C(=CCC4C5(C)CCC(OC6OCC(O)C(O)C6O)C(C)(C)C5CCC43C)C2C1(C)O. The lowest BCUT2D eigenvalue weighted by Gasteiger charge is -2.71. The van der Waals surface area contributed by atoms with Gasteiger partial charge in [0.15, 0.2) is 6.29 Å². The van der Waals surface area contributed by atoms with Crippen molar-refractivity contribution in [1.29, 1.82) is 0 Å². The van der Waals surface area contributed by atoms with E-state index >= 15 is 0 Å². The van der Waals surface area contributed by atoms with Gasteiger partial charge in [-0.25, -0.2) is 0 Å². The van der Waals surface area contributed by atoms with Crippen LogP contribution in [0.25, 0.3) is 0 Å². The number of carboxylic acids is 1. The summed E-state index contributed by atoms with van der Waals surface area (Å²) in [5, 5.41) is 53.3. The van der Waals surface area contributed by atoms with Gasteiger partial charge in [0.05, 0.1) is 23.7 Å². The van der Waals surface area contributed by atoms with E-state index in [-0.39, 0.29) is 34.4 Å². The van der Waals surface area contributed by atoms with Gasteiger partial charge in [-0.1, -0.05) is 52.8 Å². The molecule has 5 N–H and O–H groups in total. The van der Waals surface area contributed by atoms with Gasteiger partial charge in [0, 0.05) is 5.92 Å². The first-order valence-corrected chi connectivity index (χ1v) is 16.5. The smallest absolute Gasteiger partial charge is 0.310 e. The van der Waals surface area contributed by atoms with Crippen molar-refractivity contribution in [2.75, 3.05) is 6.61 Å². The number of carbonyl (C=O) groups is 1. The van der Waals surface area contributed by atoms with Crippen molar-refractivity contribution in [3.8, 4) is 0 Å². The Balaban J connectivity index is 1.33. The van der Waals surface area contributed by atoms with Crippen LogP contribution in [0.2, 0.25) is 0 Å². The molecule has 1 heterocycles. The van der Waals surface area contributed by atoms with E-state index in [0.717, 1.165) is 49.7 Å². The van der Waals surface area contributed by atoms with Gasteiger partial charge >= 0.3 is 5.97 Å². The molecule has 1 aliphatic heterocycles. The zero-order valence-corrected chi connectivity index (χ0v) is 26.9. The first-order valence-electron chi connectivity index (χ1n) is 16.5. The molecule has 0 aromatic rings. The van der Waals surface area contributed by atoms with Crippen LogP contribution in [0.1, 0.15) is 99.3 Å². The molecule has 0 bridgehead atoms. The molecule has 13 unspecified atom stereocenters. The van der Waals surface area contributed by atoms with Gasteiger partial charge in [-0.15, -0.1) is 0 Å². The maximum atomic E-state index is 13.0. The van der Waals surface area contributed by atoms with E-state index in [0.29, 0.717) is 31.1 Å². The molecule has 13 atom stereocenters. The third-order valence-electron chi connectivity index (χ3n) is 14.7. The molecule has 0 amide bonds. The van der Waals surface area contributed by atoms with E-state index in [4.69, 9.17) is 9.47 Å². The molecule has 4 saturated carbocycles. The quantitative estimate of drug-likeness (QED) is 0.234. The average molecular weight is 603 g/mol. The molecule has 6 rings (SSSR count). The highest BCUT2D eigenvalue weighted by Crippen LogP contribution is 2.76. The lowest BCUT2D eigenvalue weighted by Crippen LogP contribution is -2.67. The van der Waals surface area contributed by atoms with E-state index in [9.17, 15) is 30.3 Å². The number of hydrogen-bond acceptors (Lipinski definition) is 7. The van der Waals surface area contributed by atoms with Crippen LogP contribution in [0.4, 0.5) is 0 Å². The number of carboxylic acid groups (broad SMARTS) is 1. The van der Waals surface area contributed by atoms with E-state index in [1.807, 2.05) is 0 Å². The fraction of sp³-hybridized carbons (Fsp3) is 0.857. The fourth-order valence-electron chi connectivity index (χ4n) is 11.9. The highest BCUT2D eigenvalue weighted by molar-refractivity contribution is 5.77. The van der Waals surface area contributed by atoms with Crippen LogP contribution in [-0.2, 0) is 14.3 Å². The Morgan fingerprint density at radius 1 is 0.953 bits per heavy atom. The number of ether oxygens (including phenoxy) is 2. The van der Waals surface area contributed by atoms with Gasteiger partial charge in [0.1, 0.15) is 18.3 Å². The van der Waals surface area contributed by atoms with Crippen LogP contribution in [0.3, 0.4) is 0 Å². The van der Waals surface area contributed by atoms with E-state index in [1.54, 1.807) is 6.92 Å². The summed E-state index contributed by atoms with van der Waals surface area (Å²) in [6.07, 6.45) is 4.52. The van der Waals surface area contributed by atoms with E-state index in [2.05, 4.69) is 47.3 Å². The largest absolute Gasteiger partial charge is 0.481 e. The summed E-state index contributed by atoms with van der Waals surface area (Å²) in [5.41, 5.74) is -0.834. The van der Waals surface area contributed by atoms with Crippen LogP contribution in [-0.4, -0.2) is 74.4 Å². The van der Waals surface area contributed by atoms with Gasteiger partial charge in [-0.3, -0.25) is 4.79 Å². The van der Waals surface area contributed by atoms with Crippen molar-refractivity contribution in [2.24, 2.45) is 44.8 Å². The van der Waals surface area contributed by atoms with Crippen LogP contribution in [0.5, 0.6) is 0 Å². The van der Waals surface area contributed by atoms with E-state index in [1.165, 1.54) is 0 Å². The minimum absolute atomic E-state index is 0.0170. The summed E-state index contributed by atoms with van der Waals surface area (Å²) in [7, 11) is 0. The summed E-state index contributed by atoms with van der Waals surface area (Å²) in [4.78, 5) is 13.0. The third kappa shape index (κ3) is 4.05. The second kappa shape index (κ2) is 9.85. The Morgan fingerprint density at radius 2 is 1.65 bits per heavy atom. The highest BCUT2D eigenvalue weighted by atomic mass is 16.7. The zero-order valence-electron chi connectivity index (χ0n) is 26.9. The molecule has 6 aliphatic rings. The maximum absolute atomic E-state index is 13.0. The predicted molar refractivity (Wildman–Crippen MR) is 161 cm³/mol. The standard InChI is InChI=1S/C35H54O8/c1-19-10-15-35(29(39)40)17-16-32(5)20(27(35)34(19,7)41)8-9-23-31(4)13-12-24(30(2,3)22(31)11-14-33(23,32)6)43-28-26(38)25(37)21(36)18-42-28/h8,21-28,36-38,41H,1,9-18H2,2-7H3,(H,39,40). The number of rotatable bonds is 3. The normalized spacial score (nSPS) is 54.4. The van der Waals surface area contributed by atoms with Crippen molar-refractivity contribution < 1.29 is 39.8 Å². The van der Waals surface area contributed by atoms with Crippen LogP contribution >= 0.6 is 0 Å². The molecular formula is C35H54O8. The predicted octanol–water partition coefficient (Wildman–Crippen LogP) is 4.59. The van der Waals surface area contributed by atoms with Crippen molar-refractivity contribution in [3.63, 3.8) is 0 Å². The summed E-state index contributed by atoms with van der Waals surface area (Å²) in [5.74, 6) is -0.524. The first-order chi connectivity index (χ1) is 19.9. The zero-order chi connectivity index (χ0) is 31.5. The number of aliphatic hydroxyl groups excluding tert-OH is 3. The summed E-state index contributed by atoms with van der Waals surface area (Å²) < 4.78 is 12.1. The van der Waals surface area contributed by atoms with Crippen molar-refractivity contribution in [1.82, 2.24) is 0 Å². The van der Waals surface area contributed by atoms with Crippen LogP contribution in [0.15, 0.2) is 23.8 Å². The van der Waals surface area contributed by atoms with Gasteiger partial charge in [-0.05, 0) is 104 Å². The highest BCUT2D eigenvalue weighted by Gasteiger charge is 2.71. The minimum Gasteiger partial charge on any atom is -0.481 e. The van der Waals surface area contributed by atoms with Crippen LogP contribution < -0.4 is 0 Å². The third-order valence-corrected chi connectivity index (χ3v) is 14.7. The minimum atomic E-state index is -1.30. The lowest BCUT2D eigenvalue weighted by molar-refractivity contribution is -0.308. The number of aliphatic carboxylic acids is 1. The lowest BCUT2D eigenvalue weighted by atomic mass is 9.33.